The largest absolute Gasteiger partial charge is 0.326 e. The molecule has 5 nitrogen and oxygen atoms in total. The van der Waals surface area contributed by atoms with E-state index in [4.69, 9.17) is 0 Å². The molecule has 0 saturated heterocycles. The molecule has 1 amide bonds. The van der Waals surface area contributed by atoms with Gasteiger partial charge in [-0.1, -0.05) is 0 Å². The van der Waals surface area contributed by atoms with E-state index in [-0.39, 0.29) is 11.7 Å². The van der Waals surface area contributed by atoms with Crippen LogP contribution in [-0.4, -0.2) is 27.1 Å². The molecule has 6 heteroatoms. The fourth-order valence-electron chi connectivity index (χ4n) is 1.31. The lowest BCUT2D eigenvalue weighted by Gasteiger charge is -2.18. The van der Waals surface area contributed by atoms with Crippen LogP contribution in [0.5, 0.6) is 0 Å². The highest BCUT2D eigenvalue weighted by Crippen LogP contribution is 2.19. The Balaban J connectivity index is 2.91. The lowest BCUT2D eigenvalue weighted by molar-refractivity contribution is -0.114. The van der Waals surface area contributed by atoms with Gasteiger partial charge in [-0.3, -0.25) is 9.10 Å². The van der Waals surface area contributed by atoms with Crippen molar-refractivity contribution in [2.75, 3.05) is 22.4 Å². The summed E-state index contributed by atoms with van der Waals surface area (Å²) in [6, 6.07) is 6.63. The molecule has 0 radical (unpaired) electrons. The second kappa shape index (κ2) is 5.18. The molecule has 94 valence electrons. The van der Waals surface area contributed by atoms with E-state index in [0.29, 0.717) is 11.4 Å². The van der Waals surface area contributed by atoms with Gasteiger partial charge in [-0.15, -0.1) is 0 Å². The lowest BCUT2D eigenvalue weighted by Crippen LogP contribution is -2.27. The average molecular weight is 256 g/mol. The number of carbonyl (C=O) groups is 1. The van der Waals surface area contributed by atoms with Crippen molar-refractivity contribution in [3.05, 3.63) is 24.3 Å². The van der Waals surface area contributed by atoms with Crippen molar-refractivity contribution in [3.63, 3.8) is 0 Å². The summed E-state index contributed by atoms with van der Waals surface area (Å²) in [5.74, 6) is -0.107. The van der Waals surface area contributed by atoms with Crippen molar-refractivity contribution in [2.45, 2.75) is 13.8 Å². The number of sulfonamides is 1. The van der Waals surface area contributed by atoms with E-state index in [1.807, 2.05) is 0 Å². The number of anilines is 2. The molecule has 1 aromatic carbocycles. The van der Waals surface area contributed by atoms with Crippen LogP contribution in [0.2, 0.25) is 0 Å². The first-order valence-electron chi connectivity index (χ1n) is 5.21. The van der Waals surface area contributed by atoms with Crippen LogP contribution < -0.4 is 9.62 Å². The van der Waals surface area contributed by atoms with Crippen molar-refractivity contribution in [2.24, 2.45) is 0 Å². The molecule has 0 bridgehead atoms. The topological polar surface area (TPSA) is 66.5 Å². The van der Waals surface area contributed by atoms with Gasteiger partial charge in [0.05, 0.1) is 11.4 Å². The number of hydrogen-bond acceptors (Lipinski definition) is 3. The minimum Gasteiger partial charge on any atom is -0.326 e. The van der Waals surface area contributed by atoms with Crippen molar-refractivity contribution < 1.29 is 13.2 Å². The van der Waals surface area contributed by atoms with Gasteiger partial charge >= 0.3 is 0 Å². The van der Waals surface area contributed by atoms with Gasteiger partial charge in [-0.2, -0.15) is 0 Å². The summed E-state index contributed by atoms with van der Waals surface area (Å²) >= 11 is 0. The van der Waals surface area contributed by atoms with Crippen LogP contribution in [-0.2, 0) is 14.8 Å². The average Bonchev–Trinajstić information content (AvgIpc) is 2.28. The first kappa shape index (κ1) is 13.5. The quantitative estimate of drug-likeness (QED) is 0.886. The number of benzene rings is 1. The molecule has 1 aromatic rings. The summed E-state index contributed by atoms with van der Waals surface area (Å²) in [5.41, 5.74) is 1.21. The number of hydrogen-bond donors (Lipinski definition) is 1. The van der Waals surface area contributed by atoms with Gasteiger partial charge in [-0.05, 0) is 31.2 Å². The maximum Gasteiger partial charge on any atom is 0.234 e. The first-order chi connectivity index (χ1) is 7.86. The Labute approximate surface area is 101 Å². The predicted molar refractivity (Wildman–Crippen MR) is 68.6 cm³/mol. The van der Waals surface area contributed by atoms with E-state index in [9.17, 15) is 13.2 Å². The predicted octanol–water partition coefficient (Wildman–Crippen LogP) is 1.43. The summed E-state index contributed by atoms with van der Waals surface area (Å²) in [7, 11) is -1.73. The number of carbonyl (C=O) groups excluding carboxylic acids is 1. The van der Waals surface area contributed by atoms with Crippen LogP contribution in [0.25, 0.3) is 0 Å². The van der Waals surface area contributed by atoms with E-state index in [1.165, 1.54) is 18.3 Å². The third-order valence-corrected chi connectivity index (χ3v) is 4.11. The molecule has 0 heterocycles. The molecule has 0 unspecified atom stereocenters. The molecule has 0 spiro atoms. The Bertz CT molecular complexity index is 494. The third-order valence-electron chi connectivity index (χ3n) is 2.33. The number of rotatable bonds is 4. The fourth-order valence-corrected chi connectivity index (χ4v) is 2.14. The zero-order valence-corrected chi connectivity index (χ0v) is 10.9. The fraction of sp³-hybridized carbons (Fsp3) is 0.364. The molecule has 0 aliphatic rings. The van der Waals surface area contributed by atoms with Gasteiger partial charge in [-0.25, -0.2) is 8.42 Å². The van der Waals surface area contributed by atoms with Crippen LogP contribution in [0.1, 0.15) is 13.8 Å². The summed E-state index contributed by atoms with van der Waals surface area (Å²) in [6.07, 6.45) is 0. The zero-order chi connectivity index (χ0) is 13.1. The monoisotopic (exact) mass is 256 g/mol. The van der Waals surface area contributed by atoms with E-state index in [2.05, 4.69) is 5.32 Å². The van der Waals surface area contributed by atoms with Crippen LogP contribution in [0.4, 0.5) is 11.4 Å². The Morgan fingerprint density at radius 3 is 2.24 bits per heavy atom. The minimum absolute atomic E-state index is 0.0525. The molecule has 1 N–H and O–H groups in total. The maximum absolute atomic E-state index is 11.6. The smallest absolute Gasteiger partial charge is 0.234 e. The number of nitrogens with zero attached hydrogens (tertiary/aromatic N) is 1. The zero-order valence-electron chi connectivity index (χ0n) is 10.1. The van der Waals surface area contributed by atoms with Crippen molar-refractivity contribution >= 4 is 27.3 Å². The summed E-state index contributed by atoms with van der Waals surface area (Å²) < 4.78 is 24.5. The molecule has 0 fully saturated rings. The molecule has 0 aliphatic carbocycles. The standard InChI is InChI=1S/C11H16N2O3S/c1-4-17(15,16)13(3)11-7-5-10(6-8-11)12-9(2)14/h5-8H,4H2,1-3H3,(H,12,14). The molecule has 1 rings (SSSR count). The Morgan fingerprint density at radius 2 is 1.82 bits per heavy atom. The van der Waals surface area contributed by atoms with Crippen molar-refractivity contribution in [3.8, 4) is 0 Å². The Hall–Kier alpha value is -1.56. The Morgan fingerprint density at radius 1 is 1.29 bits per heavy atom. The summed E-state index contributed by atoms with van der Waals surface area (Å²) in [5, 5.41) is 2.62. The van der Waals surface area contributed by atoms with E-state index >= 15 is 0 Å². The normalized spacial score (nSPS) is 11.0. The molecule has 0 aliphatic heterocycles. The minimum atomic E-state index is -3.24. The molecular formula is C11H16N2O3S. The van der Waals surface area contributed by atoms with E-state index in [0.717, 1.165) is 0 Å². The Kier molecular flexibility index (Phi) is 4.11. The van der Waals surface area contributed by atoms with Crippen LogP contribution >= 0.6 is 0 Å². The van der Waals surface area contributed by atoms with Gasteiger partial charge in [0.15, 0.2) is 0 Å². The lowest BCUT2D eigenvalue weighted by atomic mass is 10.3. The van der Waals surface area contributed by atoms with Gasteiger partial charge in [0, 0.05) is 19.7 Å². The molecule has 0 atom stereocenters. The van der Waals surface area contributed by atoms with Crippen molar-refractivity contribution in [1.29, 1.82) is 0 Å². The highest BCUT2D eigenvalue weighted by molar-refractivity contribution is 7.92. The number of nitrogens with one attached hydrogen (secondary N) is 1. The van der Waals surface area contributed by atoms with Crippen LogP contribution in [0.3, 0.4) is 0 Å². The van der Waals surface area contributed by atoms with Gasteiger partial charge < -0.3 is 5.32 Å². The van der Waals surface area contributed by atoms with Crippen molar-refractivity contribution in [1.82, 2.24) is 0 Å². The van der Waals surface area contributed by atoms with E-state index < -0.39 is 10.0 Å². The third kappa shape index (κ3) is 3.45. The molecule has 17 heavy (non-hydrogen) atoms. The summed E-state index contributed by atoms with van der Waals surface area (Å²) in [4.78, 5) is 10.8. The van der Waals surface area contributed by atoms with Gasteiger partial charge in [0.25, 0.3) is 0 Å². The highest BCUT2D eigenvalue weighted by Gasteiger charge is 2.15. The van der Waals surface area contributed by atoms with Crippen LogP contribution in [0.15, 0.2) is 24.3 Å². The van der Waals surface area contributed by atoms with Gasteiger partial charge in [0.2, 0.25) is 15.9 Å². The SMILES string of the molecule is CCS(=O)(=O)N(C)c1ccc(NC(C)=O)cc1. The summed E-state index contributed by atoms with van der Waals surface area (Å²) in [6.45, 7) is 3.01. The van der Waals surface area contributed by atoms with Gasteiger partial charge in [0.1, 0.15) is 0 Å². The van der Waals surface area contributed by atoms with Crippen LogP contribution in [0, 0.1) is 0 Å². The molecule has 0 saturated carbocycles. The second-order valence-electron chi connectivity index (χ2n) is 3.60. The molecular weight excluding hydrogens is 240 g/mol. The first-order valence-corrected chi connectivity index (χ1v) is 6.82. The second-order valence-corrected chi connectivity index (χ2v) is 5.89. The number of amides is 1. The van der Waals surface area contributed by atoms with E-state index in [1.54, 1.807) is 31.2 Å². The molecule has 0 aromatic heterocycles. The maximum atomic E-state index is 11.6. The highest BCUT2D eigenvalue weighted by atomic mass is 32.2.